The average molecular weight is 591 g/mol. The van der Waals surface area contributed by atoms with Crippen LogP contribution in [0.5, 0.6) is 5.75 Å². The lowest BCUT2D eigenvalue weighted by Gasteiger charge is -2.14. The van der Waals surface area contributed by atoms with Gasteiger partial charge in [-0.05, 0) is 75.1 Å². The number of carbonyl (C=O) groups is 1. The van der Waals surface area contributed by atoms with Gasteiger partial charge in [-0.3, -0.25) is 0 Å². The van der Waals surface area contributed by atoms with Crippen molar-refractivity contribution in [2.45, 2.75) is 17.2 Å². The van der Waals surface area contributed by atoms with Crippen molar-refractivity contribution in [3.8, 4) is 5.75 Å². The summed E-state index contributed by atoms with van der Waals surface area (Å²) in [6, 6.07) is 13.7. The molecule has 0 saturated heterocycles. The van der Waals surface area contributed by atoms with Crippen LogP contribution in [0.3, 0.4) is 0 Å². The highest BCUT2D eigenvalue weighted by Crippen LogP contribution is 2.36. The molecule has 0 saturated carbocycles. The van der Waals surface area contributed by atoms with Crippen LogP contribution in [0, 0.1) is 0 Å². The third kappa shape index (κ3) is 7.54. The van der Waals surface area contributed by atoms with Crippen molar-refractivity contribution < 1.29 is 41.0 Å². The monoisotopic (exact) mass is 590 g/mol. The van der Waals surface area contributed by atoms with E-state index >= 15 is 0 Å². The highest BCUT2D eigenvalue weighted by Gasteiger charge is 2.32. The lowest BCUT2D eigenvalue weighted by atomic mass is 9.95. The van der Waals surface area contributed by atoms with Gasteiger partial charge < -0.3 is 9.84 Å². The van der Waals surface area contributed by atoms with Crippen LogP contribution in [0.4, 0.5) is 26.3 Å². The molecule has 0 aromatic heterocycles. The quantitative estimate of drug-likeness (QED) is 0.212. The van der Waals surface area contributed by atoms with E-state index < -0.39 is 36.1 Å². The Labute approximate surface area is 214 Å². The standard InChI is InChI=1S/C25H17BrF6O3S/c26-21-13-19(7-8-22(21)35-14-23(33)34)36-10-9-20(15-3-1-5-17(11-15)24(27,28)29)16-4-2-6-18(12-16)25(30,31)32/h1-9,11-13H,10,14H2,(H,33,34). The van der Waals surface area contributed by atoms with E-state index in [1.165, 1.54) is 36.0 Å². The summed E-state index contributed by atoms with van der Waals surface area (Å²) in [4.78, 5) is 11.4. The topological polar surface area (TPSA) is 46.5 Å². The van der Waals surface area contributed by atoms with Gasteiger partial charge in [-0.15, -0.1) is 11.8 Å². The maximum Gasteiger partial charge on any atom is 0.416 e. The maximum absolute atomic E-state index is 13.3. The van der Waals surface area contributed by atoms with E-state index in [0.717, 1.165) is 24.3 Å². The predicted octanol–water partition coefficient (Wildman–Crippen LogP) is 8.17. The molecule has 0 atom stereocenters. The van der Waals surface area contributed by atoms with Crippen LogP contribution in [0.15, 0.2) is 82.2 Å². The van der Waals surface area contributed by atoms with Gasteiger partial charge in [-0.2, -0.15) is 26.3 Å². The maximum atomic E-state index is 13.3. The third-order valence-corrected chi connectivity index (χ3v) is 6.33. The molecule has 0 aliphatic rings. The van der Waals surface area contributed by atoms with E-state index in [1.54, 1.807) is 24.3 Å². The molecule has 3 nitrogen and oxygen atoms in total. The fourth-order valence-electron chi connectivity index (χ4n) is 3.18. The largest absolute Gasteiger partial charge is 0.481 e. The highest BCUT2D eigenvalue weighted by atomic mass is 79.9. The zero-order chi connectivity index (χ0) is 26.5. The lowest BCUT2D eigenvalue weighted by molar-refractivity contribution is -0.139. The van der Waals surface area contributed by atoms with E-state index in [-0.39, 0.29) is 22.5 Å². The Morgan fingerprint density at radius 3 is 1.92 bits per heavy atom. The first-order valence-electron chi connectivity index (χ1n) is 10.2. The fourth-order valence-corrected chi connectivity index (χ4v) is 4.63. The van der Waals surface area contributed by atoms with Crippen molar-refractivity contribution >= 4 is 39.2 Å². The van der Waals surface area contributed by atoms with Gasteiger partial charge in [-0.25, -0.2) is 4.79 Å². The zero-order valence-corrected chi connectivity index (χ0v) is 20.6. The molecule has 3 rings (SSSR count). The number of ether oxygens (including phenoxy) is 1. The summed E-state index contributed by atoms with van der Waals surface area (Å²) in [6.07, 6.45) is -7.65. The van der Waals surface area contributed by atoms with Crippen LogP contribution in [-0.2, 0) is 17.1 Å². The minimum atomic E-state index is -4.61. The molecule has 0 heterocycles. The normalized spacial score (nSPS) is 11.8. The first kappa shape index (κ1) is 27.7. The van der Waals surface area contributed by atoms with E-state index in [4.69, 9.17) is 9.84 Å². The number of benzene rings is 3. The Bertz CT molecular complexity index is 1210. The number of alkyl halides is 6. The first-order valence-corrected chi connectivity index (χ1v) is 11.9. The Balaban J connectivity index is 1.93. The Hall–Kier alpha value is -2.92. The van der Waals surface area contributed by atoms with Crippen molar-refractivity contribution in [1.29, 1.82) is 0 Å². The van der Waals surface area contributed by atoms with Gasteiger partial charge in [0, 0.05) is 10.6 Å². The molecule has 0 spiro atoms. The average Bonchev–Trinajstić information content (AvgIpc) is 2.80. The van der Waals surface area contributed by atoms with E-state index in [1.807, 2.05) is 0 Å². The van der Waals surface area contributed by atoms with Gasteiger partial charge in [0.25, 0.3) is 0 Å². The molecule has 0 fully saturated rings. The van der Waals surface area contributed by atoms with Crippen LogP contribution in [-0.4, -0.2) is 23.4 Å². The van der Waals surface area contributed by atoms with E-state index in [0.29, 0.717) is 15.1 Å². The summed E-state index contributed by atoms with van der Waals surface area (Å²) in [5, 5.41) is 8.72. The van der Waals surface area contributed by atoms with E-state index in [2.05, 4.69) is 15.9 Å². The minimum absolute atomic E-state index is 0.128. The summed E-state index contributed by atoms with van der Waals surface area (Å²) in [7, 11) is 0. The molecule has 0 radical (unpaired) electrons. The number of carboxylic acid groups (broad SMARTS) is 1. The van der Waals surface area contributed by atoms with Gasteiger partial charge >= 0.3 is 18.3 Å². The Morgan fingerprint density at radius 2 is 1.44 bits per heavy atom. The van der Waals surface area contributed by atoms with Crippen LogP contribution >= 0.6 is 27.7 Å². The molecule has 0 aliphatic carbocycles. The highest BCUT2D eigenvalue weighted by molar-refractivity contribution is 9.10. The van der Waals surface area contributed by atoms with Crippen molar-refractivity contribution in [3.63, 3.8) is 0 Å². The van der Waals surface area contributed by atoms with Crippen molar-refractivity contribution in [2.75, 3.05) is 12.4 Å². The molecule has 3 aromatic carbocycles. The summed E-state index contributed by atoms with van der Waals surface area (Å²) in [5.41, 5.74) is -1.34. The third-order valence-electron chi connectivity index (χ3n) is 4.79. The Kier molecular flexibility index (Phi) is 8.78. The number of rotatable bonds is 8. The molecule has 0 unspecified atom stereocenters. The molecule has 3 aromatic rings. The molecule has 36 heavy (non-hydrogen) atoms. The Morgan fingerprint density at radius 1 is 0.889 bits per heavy atom. The van der Waals surface area contributed by atoms with Crippen LogP contribution < -0.4 is 4.74 Å². The molecule has 0 aliphatic heterocycles. The van der Waals surface area contributed by atoms with Crippen LogP contribution in [0.1, 0.15) is 22.3 Å². The predicted molar refractivity (Wildman–Crippen MR) is 128 cm³/mol. The number of hydrogen-bond acceptors (Lipinski definition) is 3. The zero-order valence-electron chi connectivity index (χ0n) is 18.2. The molecule has 0 amide bonds. The molecular formula is C25H17BrF6O3S. The van der Waals surface area contributed by atoms with Crippen molar-refractivity contribution in [3.05, 3.63) is 99.5 Å². The second-order valence-electron chi connectivity index (χ2n) is 7.36. The van der Waals surface area contributed by atoms with Gasteiger partial charge in [0.05, 0.1) is 15.6 Å². The van der Waals surface area contributed by atoms with Crippen molar-refractivity contribution in [1.82, 2.24) is 0 Å². The second kappa shape index (κ2) is 11.4. The summed E-state index contributed by atoms with van der Waals surface area (Å²) in [5.74, 6) is -0.600. The molecule has 0 bridgehead atoms. The summed E-state index contributed by atoms with van der Waals surface area (Å²) >= 11 is 4.57. The van der Waals surface area contributed by atoms with Gasteiger partial charge in [0.2, 0.25) is 0 Å². The number of hydrogen-bond donors (Lipinski definition) is 1. The molecule has 11 heteroatoms. The summed E-state index contributed by atoms with van der Waals surface area (Å²) in [6.45, 7) is -0.523. The van der Waals surface area contributed by atoms with Crippen molar-refractivity contribution in [2.24, 2.45) is 0 Å². The molecule has 190 valence electrons. The lowest BCUT2D eigenvalue weighted by Crippen LogP contribution is -2.09. The number of thioether (sulfide) groups is 1. The molecular weight excluding hydrogens is 574 g/mol. The smallest absolute Gasteiger partial charge is 0.416 e. The van der Waals surface area contributed by atoms with Gasteiger partial charge in [-0.1, -0.05) is 30.3 Å². The van der Waals surface area contributed by atoms with Crippen LogP contribution in [0.25, 0.3) is 5.57 Å². The number of aliphatic carboxylic acids is 1. The summed E-state index contributed by atoms with van der Waals surface area (Å²) < 4.78 is 85.3. The van der Waals surface area contributed by atoms with Gasteiger partial charge in [0.15, 0.2) is 6.61 Å². The number of carboxylic acids is 1. The van der Waals surface area contributed by atoms with Crippen LogP contribution in [0.2, 0.25) is 0 Å². The fraction of sp³-hybridized carbons (Fsp3) is 0.160. The molecule has 1 N–H and O–H groups in total. The second-order valence-corrected chi connectivity index (χ2v) is 9.31. The SMILES string of the molecule is O=C(O)COc1ccc(SCC=C(c2cccc(C(F)(F)F)c2)c2cccc(C(F)(F)F)c2)cc1Br. The first-order chi connectivity index (χ1) is 16.8. The minimum Gasteiger partial charge on any atom is -0.481 e. The number of halogens is 7. The van der Waals surface area contributed by atoms with Gasteiger partial charge in [0.1, 0.15) is 5.75 Å². The van der Waals surface area contributed by atoms with E-state index in [9.17, 15) is 31.1 Å².